The fourth-order valence-electron chi connectivity index (χ4n) is 2.59. The molecule has 3 unspecified atom stereocenters. The summed E-state index contributed by atoms with van der Waals surface area (Å²) < 4.78 is 0.695. The Balaban J connectivity index is 2.42. The Morgan fingerprint density at radius 1 is 1.55 bits per heavy atom. The zero-order valence-electron chi connectivity index (χ0n) is 12.3. The van der Waals surface area contributed by atoms with Gasteiger partial charge in [-0.15, -0.1) is 8.46 Å². The first-order chi connectivity index (χ1) is 9.26. The fraction of sp³-hybridized carbons (Fsp3) is 0.833. The standard InChI is InChI=1S/C12H23BIN2O3P/c1-9(17)8-16(2,3)6-4-5-15-11(18)7-10(12(15)19)20-13-14/h9-10,17,20H,4-8H2,1-3H3/q+1. The fourth-order valence-corrected chi connectivity index (χ4v) is 4.63. The first kappa shape index (κ1) is 18.3. The van der Waals surface area contributed by atoms with Gasteiger partial charge in [0.1, 0.15) is 12.6 Å². The zero-order chi connectivity index (χ0) is 15.3. The molecule has 0 aromatic heterocycles. The predicted molar refractivity (Wildman–Crippen MR) is 91.4 cm³/mol. The number of nitrogens with zero attached hydrogens (tertiary/aromatic N) is 2. The number of amides is 2. The summed E-state index contributed by atoms with van der Waals surface area (Å²) in [6, 6.07) is 0. The third-order valence-electron chi connectivity index (χ3n) is 3.41. The van der Waals surface area contributed by atoms with E-state index in [0.717, 1.165) is 13.0 Å². The van der Waals surface area contributed by atoms with Crippen molar-refractivity contribution in [2.75, 3.05) is 33.7 Å². The summed E-state index contributed by atoms with van der Waals surface area (Å²) in [6.07, 6.45) is 0.800. The van der Waals surface area contributed by atoms with E-state index in [-0.39, 0.29) is 23.6 Å². The van der Waals surface area contributed by atoms with Gasteiger partial charge in [-0.25, -0.2) is 0 Å². The van der Waals surface area contributed by atoms with Crippen LogP contribution in [-0.2, 0) is 9.59 Å². The summed E-state index contributed by atoms with van der Waals surface area (Å²) >= 11 is 2.13. The summed E-state index contributed by atoms with van der Waals surface area (Å²) in [5.41, 5.74) is -0.126. The normalized spacial score (nSPS) is 22.1. The van der Waals surface area contributed by atoms with Crippen LogP contribution in [0, 0.1) is 0 Å². The van der Waals surface area contributed by atoms with Gasteiger partial charge in [0.05, 0.1) is 26.3 Å². The van der Waals surface area contributed by atoms with Crippen molar-refractivity contribution in [1.29, 1.82) is 0 Å². The van der Waals surface area contributed by atoms with Crippen LogP contribution in [-0.4, -0.2) is 76.7 Å². The largest absolute Gasteiger partial charge is 0.388 e. The lowest BCUT2D eigenvalue weighted by molar-refractivity contribution is -0.893. The van der Waals surface area contributed by atoms with Crippen molar-refractivity contribution in [3.05, 3.63) is 0 Å². The summed E-state index contributed by atoms with van der Waals surface area (Å²) in [5, 5.41) is 9.44. The summed E-state index contributed by atoms with van der Waals surface area (Å²) in [5.74, 6) is -0.0475. The Morgan fingerprint density at radius 3 is 2.75 bits per heavy atom. The number of carbonyl (C=O) groups excluding carboxylic acids is 2. The number of quaternary nitrogens is 1. The van der Waals surface area contributed by atoms with Crippen molar-refractivity contribution >= 4 is 47.5 Å². The molecule has 20 heavy (non-hydrogen) atoms. The number of likely N-dealkylation sites (tertiary alicyclic amines) is 1. The maximum absolute atomic E-state index is 12.1. The molecule has 2 amide bonds. The number of rotatable bonds is 8. The molecule has 1 heterocycles. The molecule has 1 N–H and O–H groups in total. The van der Waals surface area contributed by atoms with Gasteiger partial charge in [-0.1, -0.05) is 0 Å². The second-order valence-corrected chi connectivity index (χ2v) is 9.08. The van der Waals surface area contributed by atoms with E-state index in [0.29, 0.717) is 32.5 Å². The summed E-state index contributed by atoms with van der Waals surface area (Å²) in [6.45, 7) is 3.80. The molecule has 3 atom stereocenters. The van der Waals surface area contributed by atoms with Gasteiger partial charge < -0.3 is 9.59 Å². The highest BCUT2D eigenvalue weighted by molar-refractivity contribution is 14.1. The average Bonchev–Trinajstić information content (AvgIpc) is 2.55. The third kappa shape index (κ3) is 5.58. The smallest absolute Gasteiger partial charge is 0.236 e. The van der Waals surface area contributed by atoms with E-state index >= 15 is 0 Å². The van der Waals surface area contributed by atoms with Gasteiger partial charge in [0.15, 0.2) is 0 Å². The molecule has 0 aromatic rings. The Hall–Kier alpha value is 0.285. The molecule has 8 heteroatoms. The number of hydrogen-bond donors (Lipinski definition) is 1. The van der Waals surface area contributed by atoms with Gasteiger partial charge in [0, 0.05) is 19.4 Å². The average molecular weight is 412 g/mol. The topological polar surface area (TPSA) is 57.6 Å². The molecule has 1 saturated heterocycles. The van der Waals surface area contributed by atoms with Crippen LogP contribution in [0.1, 0.15) is 19.8 Å². The number of halogens is 1. The van der Waals surface area contributed by atoms with Gasteiger partial charge in [0.2, 0.25) is 16.7 Å². The van der Waals surface area contributed by atoms with Gasteiger partial charge in [0.25, 0.3) is 0 Å². The summed E-state index contributed by atoms with van der Waals surface area (Å²) in [4.78, 5) is 27.3. The Kier molecular flexibility index (Phi) is 7.39. The zero-order valence-corrected chi connectivity index (χ0v) is 15.5. The maximum atomic E-state index is 12.1. The molecule has 0 aliphatic carbocycles. The Bertz CT molecular complexity index is 369. The molecule has 0 saturated carbocycles. The van der Waals surface area contributed by atoms with E-state index < -0.39 is 0 Å². The monoisotopic (exact) mass is 412 g/mol. The van der Waals surface area contributed by atoms with E-state index in [1.807, 2.05) is 4.86 Å². The van der Waals surface area contributed by atoms with Crippen LogP contribution in [0.2, 0.25) is 0 Å². The molecule has 1 aliphatic rings. The predicted octanol–water partition coefficient (Wildman–Crippen LogP) is 0.609. The molecule has 5 nitrogen and oxygen atoms in total. The molecule has 0 spiro atoms. The van der Waals surface area contributed by atoms with Gasteiger partial charge in [-0.05, 0) is 6.92 Å². The van der Waals surface area contributed by atoms with Crippen LogP contribution in [0.5, 0.6) is 0 Å². The number of hydrogen-bond acceptors (Lipinski definition) is 3. The summed E-state index contributed by atoms with van der Waals surface area (Å²) in [7, 11) is 4.53. The second kappa shape index (κ2) is 8.06. The van der Waals surface area contributed by atoms with Crippen molar-refractivity contribution in [3.63, 3.8) is 0 Å². The lowest BCUT2D eigenvalue weighted by atomic mass is 10.3. The van der Waals surface area contributed by atoms with Crippen LogP contribution in [0.15, 0.2) is 0 Å². The van der Waals surface area contributed by atoms with Crippen molar-refractivity contribution in [2.24, 2.45) is 0 Å². The molecular formula is C12H23BIN2O3P+. The van der Waals surface area contributed by atoms with Crippen molar-refractivity contribution in [1.82, 2.24) is 4.90 Å². The molecule has 113 valence electrons. The van der Waals surface area contributed by atoms with E-state index in [4.69, 9.17) is 0 Å². The number of aliphatic hydroxyl groups is 1. The highest BCUT2D eigenvalue weighted by Gasteiger charge is 2.37. The van der Waals surface area contributed by atoms with Crippen molar-refractivity contribution in [3.8, 4) is 0 Å². The maximum Gasteiger partial charge on any atom is 0.236 e. The highest BCUT2D eigenvalue weighted by Crippen LogP contribution is 2.30. The van der Waals surface area contributed by atoms with Crippen molar-refractivity contribution < 1.29 is 19.2 Å². The minimum atomic E-state index is -0.343. The van der Waals surface area contributed by atoms with Gasteiger partial charge in [-0.2, -0.15) is 22.4 Å². The quantitative estimate of drug-likeness (QED) is 0.209. The van der Waals surface area contributed by atoms with E-state index in [9.17, 15) is 14.7 Å². The number of aliphatic hydroxyl groups excluding tert-OH is 1. The van der Waals surface area contributed by atoms with Gasteiger partial charge >= 0.3 is 0 Å². The SMILES string of the molecule is CC(O)C[N+](C)(C)CCCN1C(=O)CC(P[B]I)C1=O. The minimum Gasteiger partial charge on any atom is -0.388 e. The van der Waals surface area contributed by atoms with E-state index in [2.05, 4.69) is 36.5 Å². The van der Waals surface area contributed by atoms with Gasteiger partial charge in [-0.3, -0.25) is 14.5 Å². The molecule has 0 bridgehead atoms. The van der Waals surface area contributed by atoms with Crippen LogP contribution < -0.4 is 0 Å². The number of carbonyl (C=O) groups is 2. The Morgan fingerprint density at radius 2 is 2.20 bits per heavy atom. The highest BCUT2D eigenvalue weighted by atomic mass is 127. The van der Waals surface area contributed by atoms with Crippen LogP contribution in [0.4, 0.5) is 0 Å². The number of likely N-dealkylation sites (N-methyl/N-ethyl adjacent to an activating group) is 1. The van der Waals surface area contributed by atoms with E-state index in [1.54, 1.807) is 6.92 Å². The molecule has 0 aromatic carbocycles. The van der Waals surface area contributed by atoms with Crippen molar-refractivity contribution in [2.45, 2.75) is 31.5 Å². The first-order valence-electron chi connectivity index (χ1n) is 6.79. The third-order valence-corrected chi connectivity index (χ3v) is 5.47. The molecule has 1 radical (unpaired) electrons. The van der Waals surface area contributed by atoms with Crippen LogP contribution in [0.3, 0.4) is 0 Å². The van der Waals surface area contributed by atoms with Crippen LogP contribution >= 0.6 is 30.8 Å². The van der Waals surface area contributed by atoms with Crippen LogP contribution in [0.25, 0.3) is 0 Å². The lowest BCUT2D eigenvalue weighted by Crippen LogP contribution is -2.46. The number of imide groups is 1. The lowest BCUT2D eigenvalue weighted by Gasteiger charge is -2.31. The molecule has 1 rings (SSSR count). The second-order valence-electron chi connectivity index (χ2n) is 5.96. The Labute approximate surface area is 136 Å². The molecule has 1 aliphatic heterocycles. The first-order valence-corrected chi connectivity index (χ1v) is 9.19. The minimum absolute atomic E-state index is 0.0120. The molecule has 1 fully saturated rings. The van der Waals surface area contributed by atoms with E-state index in [1.165, 1.54) is 4.90 Å². The molecular weight excluding hydrogens is 389 g/mol.